The fourth-order valence-corrected chi connectivity index (χ4v) is 7.76. The van der Waals surface area contributed by atoms with E-state index in [0.29, 0.717) is 44.2 Å². The van der Waals surface area contributed by atoms with Crippen LogP contribution >= 0.6 is 58.0 Å². The minimum absolute atomic E-state index is 0.0479. The Bertz CT molecular complexity index is 1640. The Balaban J connectivity index is 1.16. The van der Waals surface area contributed by atoms with E-state index in [2.05, 4.69) is 39.8 Å². The first kappa shape index (κ1) is 31.8. The third-order valence-corrected chi connectivity index (χ3v) is 11.5. The van der Waals surface area contributed by atoms with Crippen molar-refractivity contribution in [2.75, 3.05) is 13.1 Å². The summed E-state index contributed by atoms with van der Waals surface area (Å²) in [5.74, 6) is 0.0856. The molecule has 3 aromatic carbocycles. The maximum atomic E-state index is 14.5. The average Bonchev–Trinajstić information content (AvgIpc) is 3.96. The summed E-state index contributed by atoms with van der Waals surface area (Å²) >= 11 is 32.3. The Morgan fingerprint density at radius 1 is 0.756 bits per heavy atom. The van der Waals surface area contributed by atoms with Gasteiger partial charge in [-0.3, -0.25) is 9.69 Å². The Kier molecular flexibility index (Phi) is 9.44. The van der Waals surface area contributed by atoms with E-state index < -0.39 is 0 Å². The molecule has 3 fully saturated rings. The van der Waals surface area contributed by atoms with Crippen molar-refractivity contribution in [1.82, 2.24) is 20.4 Å². The van der Waals surface area contributed by atoms with Gasteiger partial charge in [-0.25, -0.2) is 0 Å². The Hall–Kier alpha value is -1.80. The van der Waals surface area contributed by atoms with Crippen LogP contribution in [0.25, 0.3) is 5.57 Å². The largest absolute Gasteiger partial charge is 0.331 e. The first-order chi connectivity index (χ1) is 21.8. The van der Waals surface area contributed by atoms with Gasteiger partial charge >= 0.3 is 0 Å². The van der Waals surface area contributed by atoms with Crippen LogP contribution in [0, 0.1) is 0 Å². The fourth-order valence-electron chi connectivity index (χ4n) is 6.72. The van der Waals surface area contributed by atoms with Gasteiger partial charge in [0.15, 0.2) is 0 Å². The number of carbonyl (C=O) groups excluding carboxylic acids is 1. The zero-order valence-electron chi connectivity index (χ0n) is 24.8. The van der Waals surface area contributed by atoms with Crippen molar-refractivity contribution in [3.8, 4) is 0 Å². The third-order valence-electron chi connectivity index (χ3n) is 9.40. The van der Waals surface area contributed by atoms with Gasteiger partial charge in [-0.1, -0.05) is 94.4 Å². The fraction of sp³-hybridized carbons (Fsp3) is 0.400. The van der Waals surface area contributed by atoms with Gasteiger partial charge in [0.1, 0.15) is 0 Å². The van der Waals surface area contributed by atoms with E-state index >= 15 is 0 Å². The molecule has 7 rings (SSSR count). The van der Waals surface area contributed by atoms with Crippen LogP contribution in [0.15, 0.2) is 60.2 Å². The van der Waals surface area contributed by atoms with E-state index in [9.17, 15) is 4.79 Å². The molecule has 45 heavy (non-hydrogen) atoms. The molecule has 236 valence electrons. The van der Waals surface area contributed by atoms with Gasteiger partial charge in [-0.2, -0.15) is 0 Å². The van der Waals surface area contributed by atoms with Crippen LogP contribution in [0.5, 0.6) is 0 Å². The molecular weight excluding hydrogens is 670 g/mol. The molecular formula is C35H35Cl5N4O. The van der Waals surface area contributed by atoms with Crippen molar-refractivity contribution in [1.29, 1.82) is 0 Å². The van der Waals surface area contributed by atoms with E-state index in [1.165, 1.54) is 5.56 Å². The van der Waals surface area contributed by atoms with Gasteiger partial charge < -0.3 is 15.5 Å². The van der Waals surface area contributed by atoms with Crippen molar-refractivity contribution in [2.24, 2.45) is 0 Å². The van der Waals surface area contributed by atoms with Gasteiger partial charge in [0, 0.05) is 67.0 Å². The molecule has 2 aliphatic heterocycles. The minimum atomic E-state index is -0.0479. The smallest absolute Gasteiger partial charge is 0.252 e. The quantitative estimate of drug-likeness (QED) is 0.208. The maximum Gasteiger partial charge on any atom is 0.252 e. The zero-order chi connectivity index (χ0) is 31.2. The Labute approximate surface area is 289 Å². The van der Waals surface area contributed by atoms with Crippen LogP contribution in [0.4, 0.5) is 0 Å². The van der Waals surface area contributed by atoms with E-state index in [4.69, 9.17) is 58.0 Å². The predicted octanol–water partition coefficient (Wildman–Crippen LogP) is 8.40. The highest BCUT2D eigenvalue weighted by Gasteiger charge is 2.41. The van der Waals surface area contributed by atoms with Crippen LogP contribution in [-0.4, -0.2) is 53.0 Å². The summed E-state index contributed by atoms with van der Waals surface area (Å²) in [5, 5.41) is 9.97. The first-order valence-corrected chi connectivity index (χ1v) is 17.5. The average molecular weight is 705 g/mol. The summed E-state index contributed by atoms with van der Waals surface area (Å²) in [6, 6.07) is 18.9. The van der Waals surface area contributed by atoms with Crippen molar-refractivity contribution >= 4 is 69.5 Å². The monoisotopic (exact) mass is 702 g/mol. The molecule has 0 spiro atoms. The molecule has 10 heteroatoms. The standard InChI is InChI=1S/C35H35Cl5N4O/c36-28-12-13-30(38)34(40)27(28)19-43(24-8-9-24)17-20-4-6-21(7-5-20)26-14-23-15-41-16-31(42-23)32(26)35(45)44(25-10-11-25)18-22-2-1-3-29(37)33(22)39/h1-7,12-13,23-25,31,41-42H,8-11,14-19H2/t23?,31-/m1/s1. The number of amides is 1. The first-order valence-electron chi connectivity index (χ1n) is 15.7. The lowest BCUT2D eigenvalue weighted by molar-refractivity contribution is -0.128. The third kappa shape index (κ3) is 6.93. The highest BCUT2D eigenvalue weighted by molar-refractivity contribution is 6.44. The molecule has 4 aliphatic rings. The highest BCUT2D eigenvalue weighted by atomic mass is 35.5. The number of hydrogen-bond acceptors (Lipinski definition) is 4. The normalized spacial score (nSPS) is 21.4. The lowest BCUT2D eigenvalue weighted by atomic mass is 9.83. The van der Waals surface area contributed by atoms with Gasteiger partial charge in [0.2, 0.25) is 0 Å². The topological polar surface area (TPSA) is 47.6 Å². The Morgan fingerprint density at radius 3 is 2.20 bits per heavy atom. The van der Waals surface area contributed by atoms with Crippen LogP contribution in [0.3, 0.4) is 0 Å². The van der Waals surface area contributed by atoms with Gasteiger partial charge in [0.05, 0.1) is 26.1 Å². The lowest BCUT2D eigenvalue weighted by Crippen LogP contribution is -2.60. The molecule has 2 heterocycles. The number of hydrogen-bond donors (Lipinski definition) is 2. The molecule has 2 saturated carbocycles. The van der Waals surface area contributed by atoms with E-state index in [1.807, 2.05) is 23.1 Å². The molecule has 2 bridgehead atoms. The number of nitrogens with zero attached hydrogens (tertiary/aromatic N) is 2. The van der Waals surface area contributed by atoms with Crippen LogP contribution in [0.1, 0.15) is 54.4 Å². The second-order valence-corrected chi connectivity index (χ2v) is 14.7. The summed E-state index contributed by atoms with van der Waals surface area (Å²) in [6.07, 6.45) is 5.12. The molecule has 1 saturated heterocycles. The van der Waals surface area contributed by atoms with Gasteiger partial charge in [-0.05, 0) is 72.6 Å². The summed E-state index contributed by atoms with van der Waals surface area (Å²) in [7, 11) is 0. The lowest BCUT2D eigenvalue weighted by Gasteiger charge is -2.41. The molecule has 3 aromatic rings. The van der Waals surface area contributed by atoms with Gasteiger partial charge in [-0.15, -0.1) is 0 Å². The number of piperazine rings is 1. The molecule has 2 N–H and O–H groups in total. The maximum absolute atomic E-state index is 14.5. The van der Waals surface area contributed by atoms with E-state index in [0.717, 1.165) is 79.6 Å². The molecule has 2 aliphatic carbocycles. The molecule has 2 atom stereocenters. The summed E-state index contributed by atoms with van der Waals surface area (Å²) in [4.78, 5) is 18.9. The number of fused-ring (bicyclic) bond motifs is 2. The van der Waals surface area contributed by atoms with Crippen molar-refractivity contribution in [2.45, 2.75) is 75.9 Å². The number of nitrogens with one attached hydrogen (secondary N) is 2. The highest BCUT2D eigenvalue weighted by Crippen LogP contribution is 2.39. The number of rotatable bonds is 10. The van der Waals surface area contributed by atoms with E-state index in [-0.39, 0.29) is 24.0 Å². The van der Waals surface area contributed by atoms with Crippen molar-refractivity contribution in [3.05, 3.63) is 108 Å². The second-order valence-electron chi connectivity index (χ2n) is 12.7. The number of carbonyl (C=O) groups is 1. The number of halogens is 5. The van der Waals surface area contributed by atoms with Crippen LogP contribution in [-0.2, 0) is 24.4 Å². The zero-order valence-corrected chi connectivity index (χ0v) is 28.5. The second kappa shape index (κ2) is 13.4. The molecule has 5 nitrogen and oxygen atoms in total. The summed E-state index contributed by atoms with van der Waals surface area (Å²) in [6.45, 7) is 3.47. The predicted molar refractivity (Wildman–Crippen MR) is 185 cm³/mol. The van der Waals surface area contributed by atoms with Crippen molar-refractivity contribution in [3.63, 3.8) is 0 Å². The Morgan fingerprint density at radius 2 is 1.47 bits per heavy atom. The summed E-state index contributed by atoms with van der Waals surface area (Å²) < 4.78 is 0. The van der Waals surface area contributed by atoms with Crippen LogP contribution in [0.2, 0.25) is 25.1 Å². The molecule has 0 aromatic heterocycles. The molecule has 0 radical (unpaired) electrons. The van der Waals surface area contributed by atoms with Gasteiger partial charge in [0.25, 0.3) is 5.91 Å². The van der Waals surface area contributed by atoms with Crippen LogP contribution < -0.4 is 10.6 Å². The number of benzene rings is 3. The SMILES string of the molecule is O=C(C1=C(c2ccc(CN(Cc3c(Cl)ccc(Cl)c3Cl)C3CC3)cc2)CC2CNC[C@H]1N2)N(Cc1cccc(Cl)c1Cl)C1CC1. The van der Waals surface area contributed by atoms with E-state index in [1.54, 1.807) is 12.1 Å². The van der Waals surface area contributed by atoms with Crippen molar-refractivity contribution < 1.29 is 4.79 Å². The summed E-state index contributed by atoms with van der Waals surface area (Å²) in [5.41, 5.74) is 6.06. The minimum Gasteiger partial charge on any atom is -0.331 e. The molecule has 1 unspecified atom stereocenters. The molecule has 1 amide bonds.